The van der Waals surface area contributed by atoms with Crippen molar-refractivity contribution < 1.29 is 19.2 Å². The molecule has 8 nitrogen and oxygen atoms in total. The first kappa shape index (κ1) is 24.0. The Morgan fingerprint density at radius 3 is 2.50 bits per heavy atom. The smallest absolute Gasteiger partial charge is 0.328 e. The van der Waals surface area contributed by atoms with Crippen molar-refractivity contribution in [2.24, 2.45) is 5.92 Å². The molecule has 5 amide bonds. The van der Waals surface area contributed by atoms with Crippen LogP contribution in [0.4, 0.5) is 10.5 Å². The second-order valence-electron chi connectivity index (χ2n) is 9.85. The molecular formula is C28H32N4O4. The van der Waals surface area contributed by atoms with E-state index in [1.165, 1.54) is 10.5 Å². The fraction of sp³-hybridized carbons (Fsp3) is 0.429. The van der Waals surface area contributed by atoms with Gasteiger partial charge in [0.05, 0.1) is 11.3 Å². The van der Waals surface area contributed by atoms with E-state index in [0.29, 0.717) is 37.3 Å². The van der Waals surface area contributed by atoms with E-state index in [4.69, 9.17) is 0 Å². The number of piperidine rings is 2. The Labute approximate surface area is 211 Å². The first-order valence-electron chi connectivity index (χ1n) is 12.8. The molecule has 3 aliphatic heterocycles. The summed E-state index contributed by atoms with van der Waals surface area (Å²) in [6.45, 7) is 2.25. The van der Waals surface area contributed by atoms with Gasteiger partial charge in [0.15, 0.2) is 0 Å². The van der Waals surface area contributed by atoms with Gasteiger partial charge in [-0.25, -0.2) is 4.79 Å². The maximum absolute atomic E-state index is 13.8. The van der Waals surface area contributed by atoms with E-state index >= 15 is 0 Å². The molecule has 2 aromatic carbocycles. The lowest BCUT2D eigenvalue weighted by Gasteiger charge is -2.47. The number of hydrogen-bond donors (Lipinski definition) is 1. The molecule has 2 aromatic rings. The molecule has 2 atom stereocenters. The van der Waals surface area contributed by atoms with Gasteiger partial charge in [-0.2, -0.15) is 0 Å². The summed E-state index contributed by atoms with van der Waals surface area (Å²) in [6.07, 6.45) is 4.08. The summed E-state index contributed by atoms with van der Waals surface area (Å²) in [5.41, 5.74) is 2.17. The second-order valence-corrected chi connectivity index (χ2v) is 9.85. The van der Waals surface area contributed by atoms with E-state index in [1.807, 2.05) is 40.1 Å². The van der Waals surface area contributed by atoms with E-state index in [1.54, 1.807) is 24.3 Å². The molecule has 3 heterocycles. The number of rotatable bonds is 5. The number of imide groups is 1. The predicted molar refractivity (Wildman–Crippen MR) is 135 cm³/mol. The van der Waals surface area contributed by atoms with Crippen LogP contribution >= 0.6 is 0 Å². The van der Waals surface area contributed by atoms with Crippen LogP contribution in [0, 0.1) is 5.92 Å². The number of aryl methyl sites for hydroxylation is 1. The van der Waals surface area contributed by atoms with Gasteiger partial charge in [-0.3, -0.25) is 24.6 Å². The maximum atomic E-state index is 13.8. The van der Waals surface area contributed by atoms with E-state index < -0.39 is 6.03 Å². The molecule has 5 rings (SSSR count). The first-order valence-corrected chi connectivity index (χ1v) is 12.8. The number of urea groups is 1. The number of para-hydroxylation sites is 1. The Kier molecular flexibility index (Phi) is 7.02. The highest BCUT2D eigenvalue weighted by Gasteiger charge is 2.40. The lowest BCUT2D eigenvalue weighted by molar-refractivity contribution is -0.134. The maximum Gasteiger partial charge on any atom is 0.328 e. The highest BCUT2D eigenvalue weighted by Crippen LogP contribution is 2.34. The second kappa shape index (κ2) is 10.5. The van der Waals surface area contributed by atoms with Gasteiger partial charge in [-0.05, 0) is 49.3 Å². The van der Waals surface area contributed by atoms with Crippen molar-refractivity contribution >= 4 is 29.4 Å². The van der Waals surface area contributed by atoms with Crippen LogP contribution in [0.5, 0.6) is 0 Å². The zero-order valence-corrected chi connectivity index (χ0v) is 20.4. The molecule has 3 aliphatic rings. The van der Waals surface area contributed by atoms with Gasteiger partial charge in [-0.15, -0.1) is 0 Å². The van der Waals surface area contributed by atoms with Crippen LogP contribution in [-0.2, 0) is 16.0 Å². The van der Waals surface area contributed by atoms with Gasteiger partial charge >= 0.3 is 6.03 Å². The summed E-state index contributed by atoms with van der Waals surface area (Å²) in [6, 6.07) is 16.8. The Morgan fingerprint density at radius 1 is 0.917 bits per heavy atom. The standard InChI is InChI=1S/C28H32N4O4/c33-25-15-18-32(28(36)29-25)24-11-5-4-10-22(24)27(35)31-16-6-9-21-19-30(17-14-23(21)31)26(34)13-12-20-7-2-1-3-8-20/h1-5,7-8,10-11,21,23H,6,9,12-19H2,(H,29,33,36)/t21-,23-/m1/s1. The summed E-state index contributed by atoms with van der Waals surface area (Å²) in [7, 11) is 0. The van der Waals surface area contributed by atoms with E-state index in [-0.39, 0.29) is 42.6 Å². The van der Waals surface area contributed by atoms with Crippen LogP contribution in [0.3, 0.4) is 0 Å². The summed E-state index contributed by atoms with van der Waals surface area (Å²) < 4.78 is 0. The summed E-state index contributed by atoms with van der Waals surface area (Å²) >= 11 is 0. The van der Waals surface area contributed by atoms with Crippen molar-refractivity contribution in [2.45, 2.75) is 44.6 Å². The quantitative estimate of drug-likeness (QED) is 0.700. The number of likely N-dealkylation sites (tertiary alicyclic amines) is 2. The third-order valence-electron chi connectivity index (χ3n) is 7.63. The third kappa shape index (κ3) is 4.98. The minimum absolute atomic E-state index is 0.0780. The minimum atomic E-state index is -0.495. The van der Waals surface area contributed by atoms with Crippen LogP contribution in [0.25, 0.3) is 0 Å². The van der Waals surface area contributed by atoms with Crippen molar-refractivity contribution in [3.8, 4) is 0 Å². The number of benzene rings is 2. The van der Waals surface area contributed by atoms with Gasteiger partial charge in [-0.1, -0.05) is 42.5 Å². The van der Waals surface area contributed by atoms with Gasteiger partial charge in [0.25, 0.3) is 5.91 Å². The largest absolute Gasteiger partial charge is 0.342 e. The molecular weight excluding hydrogens is 456 g/mol. The fourth-order valence-electron chi connectivity index (χ4n) is 5.77. The number of anilines is 1. The number of carbonyl (C=O) groups is 4. The molecule has 0 unspecified atom stereocenters. The van der Waals surface area contributed by atoms with Gasteiger partial charge in [0.1, 0.15) is 0 Å². The molecule has 0 aliphatic carbocycles. The van der Waals surface area contributed by atoms with Gasteiger partial charge in [0, 0.05) is 45.1 Å². The predicted octanol–water partition coefficient (Wildman–Crippen LogP) is 3.22. The van der Waals surface area contributed by atoms with Crippen molar-refractivity contribution in [2.75, 3.05) is 31.1 Å². The van der Waals surface area contributed by atoms with Crippen molar-refractivity contribution in [3.05, 3.63) is 65.7 Å². The highest BCUT2D eigenvalue weighted by molar-refractivity contribution is 6.09. The van der Waals surface area contributed by atoms with Gasteiger partial charge < -0.3 is 9.80 Å². The van der Waals surface area contributed by atoms with Crippen molar-refractivity contribution in [1.82, 2.24) is 15.1 Å². The zero-order chi connectivity index (χ0) is 25.1. The number of carbonyl (C=O) groups excluding carboxylic acids is 4. The Bertz CT molecular complexity index is 1150. The van der Waals surface area contributed by atoms with Crippen molar-refractivity contribution in [3.63, 3.8) is 0 Å². The molecule has 3 saturated heterocycles. The fourth-order valence-corrected chi connectivity index (χ4v) is 5.77. The Hall–Kier alpha value is -3.68. The molecule has 36 heavy (non-hydrogen) atoms. The van der Waals surface area contributed by atoms with Crippen molar-refractivity contribution in [1.29, 1.82) is 0 Å². The number of amides is 5. The Balaban J connectivity index is 1.26. The highest BCUT2D eigenvalue weighted by atomic mass is 16.2. The zero-order valence-electron chi connectivity index (χ0n) is 20.4. The lowest BCUT2D eigenvalue weighted by Crippen LogP contribution is -2.57. The average molecular weight is 489 g/mol. The molecule has 1 N–H and O–H groups in total. The molecule has 3 fully saturated rings. The molecule has 0 aromatic heterocycles. The third-order valence-corrected chi connectivity index (χ3v) is 7.63. The molecule has 0 bridgehead atoms. The van der Waals surface area contributed by atoms with Crippen LogP contribution in [0.2, 0.25) is 0 Å². The molecule has 0 saturated carbocycles. The first-order chi connectivity index (χ1) is 17.5. The monoisotopic (exact) mass is 488 g/mol. The summed E-state index contributed by atoms with van der Waals surface area (Å²) in [5.74, 6) is 0.0369. The summed E-state index contributed by atoms with van der Waals surface area (Å²) in [5, 5.41) is 2.34. The average Bonchev–Trinajstić information content (AvgIpc) is 2.91. The SMILES string of the molecule is O=C1CCN(c2ccccc2C(=O)N2CCC[C@@H]3CN(C(=O)CCc4ccccc4)CC[C@H]32)C(=O)N1. The topological polar surface area (TPSA) is 90.0 Å². The van der Waals surface area contributed by atoms with Gasteiger partial charge in [0.2, 0.25) is 11.8 Å². The lowest BCUT2D eigenvalue weighted by atomic mass is 9.83. The van der Waals surface area contributed by atoms with Crippen LogP contribution in [0.1, 0.15) is 48.0 Å². The van der Waals surface area contributed by atoms with E-state index in [2.05, 4.69) is 5.32 Å². The number of fused-ring (bicyclic) bond motifs is 1. The molecule has 8 heteroatoms. The van der Waals surface area contributed by atoms with Crippen LogP contribution in [-0.4, -0.2) is 65.8 Å². The Morgan fingerprint density at radius 2 is 1.69 bits per heavy atom. The normalized spacial score (nSPS) is 22.2. The number of nitrogens with one attached hydrogen (secondary N) is 1. The van der Waals surface area contributed by atoms with Crippen LogP contribution in [0.15, 0.2) is 54.6 Å². The van der Waals surface area contributed by atoms with Crippen LogP contribution < -0.4 is 10.2 Å². The molecule has 0 spiro atoms. The molecule has 0 radical (unpaired) electrons. The minimum Gasteiger partial charge on any atom is -0.342 e. The van der Waals surface area contributed by atoms with E-state index in [0.717, 1.165) is 25.7 Å². The number of nitrogens with zero attached hydrogens (tertiary/aromatic N) is 3. The molecule has 188 valence electrons. The number of hydrogen-bond acceptors (Lipinski definition) is 4. The summed E-state index contributed by atoms with van der Waals surface area (Å²) in [4.78, 5) is 56.2. The van der Waals surface area contributed by atoms with E-state index in [9.17, 15) is 19.2 Å².